The van der Waals surface area contributed by atoms with Crippen LogP contribution >= 0.6 is 0 Å². The van der Waals surface area contributed by atoms with Gasteiger partial charge in [0.25, 0.3) is 0 Å². The van der Waals surface area contributed by atoms with Gasteiger partial charge in [0.05, 0.1) is 24.8 Å². The van der Waals surface area contributed by atoms with E-state index in [1.165, 1.54) is 12.0 Å². The van der Waals surface area contributed by atoms with Crippen LogP contribution < -0.4 is 5.32 Å². The molecule has 118 valence electrons. The number of nitrogens with zero attached hydrogens (tertiary/aromatic N) is 2. The topological polar surface area (TPSA) is 36.9 Å². The van der Waals surface area contributed by atoms with Crippen LogP contribution in [0.5, 0.6) is 0 Å². The Kier molecular flexibility index (Phi) is 3.19. The van der Waals surface area contributed by atoms with Crippen molar-refractivity contribution >= 4 is 5.96 Å². The molecule has 4 heteroatoms. The molecule has 3 aliphatic rings. The fourth-order valence-corrected chi connectivity index (χ4v) is 4.22. The molecule has 0 bridgehead atoms. The molecule has 0 aromatic heterocycles. The lowest BCUT2D eigenvalue weighted by atomic mass is 9.81. The highest BCUT2D eigenvalue weighted by Crippen LogP contribution is 2.45. The Hall–Kier alpha value is -1.55. The fraction of sp³-hybridized carbons (Fsp3) is 0.611. The summed E-state index contributed by atoms with van der Waals surface area (Å²) in [5.41, 5.74) is 1.69. The maximum absolute atomic E-state index is 5.99. The fourth-order valence-electron chi connectivity index (χ4n) is 4.22. The molecule has 2 atom stereocenters. The van der Waals surface area contributed by atoms with Gasteiger partial charge in [0.1, 0.15) is 0 Å². The molecule has 3 aliphatic heterocycles. The third-order valence-corrected chi connectivity index (χ3v) is 5.24. The Bertz CT molecular complexity index is 583. The minimum absolute atomic E-state index is 0.0352. The summed E-state index contributed by atoms with van der Waals surface area (Å²) >= 11 is 0. The molecule has 1 aromatic rings. The van der Waals surface area contributed by atoms with Crippen LogP contribution in [0, 0.1) is 5.41 Å². The summed E-state index contributed by atoms with van der Waals surface area (Å²) in [4.78, 5) is 7.18. The molecule has 4 nitrogen and oxygen atoms in total. The first-order valence-electron chi connectivity index (χ1n) is 8.30. The number of nitrogens with one attached hydrogen (secondary N) is 1. The summed E-state index contributed by atoms with van der Waals surface area (Å²) in [6.07, 6.45) is 2.37. The molecule has 2 fully saturated rings. The molecule has 2 unspecified atom stereocenters. The molecule has 0 radical (unpaired) electrons. The Morgan fingerprint density at radius 3 is 2.82 bits per heavy atom. The van der Waals surface area contributed by atoms with Gasteiger partial charge in [-0.1, -0.05) is 30.3 Å². The Balaban J connectivity index is 1.41. The Labute approximate surface area is 132 Å². The molecule has 4 rings (SSSR count). The normalized spacial score (nSPS) is 33.3. The highest BCUT2D eigenvalue weighted by molar-refractivity contribution is 5.82. The Morgan fingerprint density at radius 2 is 2.09 bits per heavy atom. The van der Waals surface area contributed by atoms with Crippen molar-refractivity contribution in [2.45, 2.75) is 38.3 Å². The zero-order valence-corrected chi connectivity index (χ0v) is 13.5. The number of benzene rings is 1. The van der Waals surface area contributed by atoms with Gasteiger partial charge in [0.2, 0.25) is 0 Å². The second-order valence-corrected chi connectivity index (χ2v) is 7.67. The van der Waals surface area contributed by atoms with Crippen molar-refractivity contribution < 1.29 is 4.74 Å². The zero-order chi connectivity index (χ0) is 15.2. The number of aliphatic imine (C=N–C) groups is 1. The van der Waals surface area contributed by atoms with E-state index in [9.17, 15) is 0 Å². The van der Waals surface area contributed by atoms with E-state index in [1.807, 2.05) is 0 Å². The summed E-state index contributed by atoms with van der Waals surface area (Å²) in [7, 11) is 0. The highest BCUT2D eigenvalue weighted by atomic mass is 16.5. The monoisotopic (exact) mass is 299 g/mol. The summed E-state index contributed by atoms with van der Waals surface area (Å²) in [6, 6.07) is 10.9. The number of hydrogen-bond acceptors (Lipinski definition) is 4. The number of hydrogen-bond donors (Lipinski definition) is 1. The average molecular weight is 299 g/mol. The maximum Gasteiger partial charge on any atom is 0.194 e. The minimum atomic E-state index is 0.0352. The largest absolute Gasteiger partial charge is 0.375 e. The van der Waals surface area contributed by atoms with Gasteiger partial charge in [0, 0.05) is 18.5 Å². The van der Waals surface area contributed by atoms with E-state index in [0.717, 1.165) is 38.6 Å². The Morgan fingerprint density at radius 1 is 1.27 bits per heavy atom. The lowest BCUT2D eigenvalue weighted by Gasteiger charge is -2.25. The first-order valence-corrected chi connectivity index (χ1v) is 8.30. The highest BCUT2D eigenvalue weighted by Gasteiger charge is 2.49. The standard InChI is InChI=1S/C18H25N3O/c1-17(2)11-18(13-22-17)8-9-21(12-18)16-19-10-15(20-16)14-6-4-3-5-7-14/h3-7,15H,8-13H2,1-2H3,(H,19,20). The predicted molar refractivity (Wildman–Crippen MR) is 87.9 cm³/mol. The van der Waals surface area contributed by atoms with Crippen LogP contribution in [0.3, 0.4) is 0 Å². The van der Waals surface area contributed by atoms with Gasteiger partial charge < -0.3 is 15.0 Å². The smallest absolute Gasteiger partial charge is 0.194 e. The van der Waals surface area contributed by atoms with Crippen LogP contribution in [0.2, 0.25) is 0 Å². The van der Waals surface area contributed by atoms with Crippen molar-refractivity contribution in [3.63, 3.8) is 0 Å². The molecular weight excluding hydrogens is 274 g/mol. The van der Waals surface area contributed by atoms with Crippen molar-refractivity contribution in [2.75, 3.05) is 26.2 Å². The SMILES string of the molecule is CC1(C)CC2(CCN(C3=NCC(c4ccccc4)N3)C2)CO1. The van der Waals surface area contributed by atoms with E-state index in [1.54, 1.807) is 0 Å². The zero-order valence-electron chi connectivity index (χ0n) is 13.5. The van der Waals surface area contributed by atoms with Gasteiger partial charge in [-0.2, -0.15) is 0 Å². The van der Waals surface area contributed by atoms with Crippen LogP contribution in [-0.4, -0.2) is 42.7 Å². The number of ether oxygens (including phenoxy) is 1. The summed E-state index contributed by atoms with van der Waals surface area (Å²) in [5.74, 6) is 1.08. The third kappa shape index (κ3) is 2.50. The van der Waals surface area contributed by atoms with Crippen molar-refractivity contribution in [2.24, 2.45) is 10.4 Å². The van der Waals surface area contributed by atoms with Gasteiger partial charge >= 0.3 is 0 Å². The van der Waals surface area contributed by atoms with Crippen molar-refractivity contribution in [3.8, 4) is 0 Å². The number of rotatable bonds is 1. The lowest BCUT2D eigenvalue weighted by molar-refractivity contribution is 0.0317. The summed E-state index contributed by atoms with van der Waals surface area (Å²) in [6.45, 7) is 8.32. The quantitative estimate of drug-likeness (QED) is 0.866. The van der Waals surface area contributed by atoms with E-state index in [2.05, 4.69) is 54.4 Å². The second-order valence-electron chi connectivity index (χ2n) is 7.67. The minimum Gasteiger partial charge on any atom is -0.375 e. The van der Waals surface area contributed by atoms with Gasteiger partial charge in [-0.05, 0) is 32.3 Å². The predicted octanol–water partition coefficient (Wildman–Crippen LogP) is 2.58. The van der Waals surface area contributed by atoms with Crippen LogP contribution in [0.4, 0.5) is 0 Å². The van der Waals surface area contributed by atoms with Crippen LogP contribution in [0.15, 0.2) is 35.3 Å². The van der Waals surface area contributed by atoms with Crippen molar-refractivity contribution in [3.05, 3.63) is 35.9 Å². The molecule has 22 heavy (non-hydrogen) atoms. The van der Waals surface area contributed by atoms with E-state index in [4.69, 9.17) is 9.73 Å². The van der Waals surface area contributed by atoms with E-state index in [0.29, 0.717) is 11.5 Å². The molecule has 0 saturated carbocycles. The maximum atomic E-state index is 5.99. The third-order valence-electron chi connectivity index (χ3n) is 5.24. The number of likely N-dealkylation sites (tertiary alicyclic amines) is 1. The van der Waals surface area contributed by atoms with Gasteiger partial charge in [0.15, 0.2) is 5.96 Å². The van der Waals surface area contributed by atoms with Crippen LogP contribution in [0.25, 0.3) is 0 Å². The number of guanidine groups is 1. The van der Waals surface area contributed by atoms with E-state index < -0.39 is 0 Å². The molecule has 2 saturated heterocycles. The van der Waals surface area contributed by atoms with Gasteiger partial charge in [-0.25, -0.2) is 0 Å². The second kappa shape index (κ2) is 4.98. The first-order chi connectivity index (χ1) is 10.6. The van der Waals surface area contributed by atoms with Crippen molar-refractivity contribution in [1.29, 1.82) is 0 Å². The molecule has 1 spiro atoms. The van der Waals surface area contributed by atoms with Crippen LogP contribution in [0.1, 0.15) is 38.3 Å². The molecule has 1 N–H and O–H groups in total. The average Bonchev–Trinajstić information content (AvgIpc) is 3.19. The molecular formula is C18H25N3O. The van der Waals surface area contributed by atoms with Gasteiger partial charge in [-0.3, -0.25) is 4.99 Å². The van der Waals surface area contributed by atoms with Crippen LogP contribution in [-0.2, 0) is 4.74 Å². The lowest BCUT2D eigenvalue weighted by Crippen LogP contribution is -2.40. The van der Waals surface area contributed by atoms with E-state index >= 15 is 0 Å². The first kappa shape index (κ1) is 14.1. The molecule has 3 heterocycles. The van der Waals surface area contributed by atoms with E-state index in [-0.39, 0.29) is 5.60 Å². The van der Waals surface area contributed by atoms with Crippen molar-refractivity contribution in [1.82, 2.24) is 10.2 Å². The molecule has 0 amide bonds. The van der Waals surface area contributed by atoms with Gasteiger partial charge in [-0.15, -0.1) is 0 Å². The summed E-state index contributed by atoms with van der Waals surface area (Å²) < 4.78 is 5.99. The molecule has 0 aliphatic carbocycles. The molecule has 1 aromatic carbocycles. The summed E-state index contributed by atoms with van der Waals surface area (Å²) in [5, 5.41) is 3.61.